The number of benzene rings is 1. The number of sulfonamides is 1. The van der Waals surface area contributed by atoms with Gasteiger partial charge in [-0.05, 0) is 64.3 Å². The number of aryl methyl sites for hydroxylation is 1. The molecule has 0 unspecified atom stereocenters. The van der Waals surface area contributed by atoms with Crippen LogP contribution in [0.1, 0.15) is 50.6 Å². The van der Waals surface area contributed by atoms with Crippen molar-refractivity contribution < 1.29 is 22.5 Å². The highest BCUT2D eigenvalue weighted by Crippen LogP contribution is 2.29. The molecule has 1 N–H and O–H groups in total. The van der Waals surface area contributed by atoms with Gasteiger partial charge >= 0.3 is 0 Å². The van der Waals surface area contributed by atoms with Crippen molar-refractivity contribution in [3.63, 3.8) is 0 Å². The first-order valence-electron chi connectivity index (χ1n) is 10.6. The SMILES string of the molecule is COc1ccc(C=Cc2onc(C)c2S(=O)(=O)N2CCC(C(=O)NC(C)(C)C)CC2)cc1. The quantitative estimate of drug-likeness (QED) is 0.707. The minimum atomic E-state index is -3.81. The maximum absolute atomic E-state index is 13.4. The highest BCUT2D eigenvalue weighted by molar-refractivity contribution is 7.89. The molecule has 0 atom stereocenters. The highest BCUT2D eigenvalue weighted by atomic mass is 32.2. The van der Waals surface area contributed by atoms with Crippen LogP contribution in [-0.2, 0) is 14.8 Å². The molecule has 0 saturated carbocycles. The number of ether oxygens (including phenoxy) is 1. The Morgan fingerprint density at radius 3 is 2.38 bits per heavy atom. The number of rotatable bonds is 6. The van der Waals surface area contributed by atoms with Crippen molar-refractivity contribution in [2.45, 2.75) is 51.0 Å². The van der Waals surface area contributed by atoms with E-state index in [9.17, 15) is 13.2 Å². The third-order valence-electron chi connectivity index (χ3n) is 5.30. The number of nitrogens with zero attached hydrogens (tertiary/aromatic N) is 2. The second kappa shape index (κ2) is 9.46. The van der Waals surface area contributed by atoms with Crippen LogP contribution in [0.2, 0.25) is 0 Å². The minimum Gasteiger partial charge on any atom is -0.497 e. The molecule has 0 bridgehead atoms. The Labute approximate surface area is 189 Å². The van der Waals surface area contributed by atoms with Crippen molar-refractivity contribution >= 4 is 28.1 Å². The van der Waals surface area contributed by atoms with E-state index in [2.05, 4.69) is 10.5 Å². The van der Waals surface area contributed by atoms with Crippen LogP contribution < -0.4 is 10.1 Å². The Bertz CT molecular complexity index is 1070. The molecule has 0 spiro atoms. The second-order valence-electron chi connectivity index (χ2n) is 8.99. The molecule has 174 valence electrons. The third kappa shape index (κ3) is 5.58. The highest BCUT2D eigenvalue weighted by Gasteiger charge is 2.36. The largest absolute Gasteiger partial charge is 0.497 e. The zero-order valence-electron chi connectivity index (χ0n) is 19.2. The van der Waals surface area contributed by atoms with Crippen molar-refractivity contribution in [3.05, 3.63) is 41.3 Å². The van der Waals surface area contributed by atoms with Crippen LogP contribution in [0.5, 0.6) is 5.75 Å². The fourth-order valence-corrected chi connectivity index (χ4v) is 5.36. The van der Waals surface area contributed by atoms with E-state index in [4.69, 9.17) is 9.26 Å². The van der Waals surface area contributed by atoms with Crippen LogP contribution in [0.4, 0.5) is 0 Å². The van der Waals surface area contributed by atoms with Crippen molar-refractivity contribution in [2.24, 2.45) is 5.92 Å². The van der Waals surface area contributed by atoms with Crippen molar-refractivity contribution in [2.75, 3.05) is 20.2 Å². The van der Waals surface area contributed by atoms with Crippen molar-refractivity contribution in [1.29, 1.82) is 0 Å². The molecule has 1 aliphatic rings. The molecule has 1 saturated heterocycles. The normalized spacial score (nSPS) is 16.4. The molecule has 1 fully saturated rings. The van der Waals surface area contributed by atoms with E-state index < -0.39 is 10.0 Å². The maximum Gasteiger partial charge on any atom is 0.248 e. The van der Waals surface area contributed by atoms with Gasteiger partial charge in [-0.25, -0.2) is 8.42 Å². The predicted molar refractivity (Wildman–Crippen MR) is 123 cm³/mol. The summed E-state index contributed by atoms with van der Waals surface area (Å²) in [6.45, 7) is 7.96. The summed E-state index contributed by atoms with van der Waals surface area (Å²) in [5, 5.41) is 6.86. The number of hydrogen-bond acceptors (Lipinski definition) is 6. The van der Waals surface area contributed by atoms with E-state index in [1.54, 1.807) is 26.2 Å². The molecule has 1 aromatic heterocycles. The molecule has 1 aromatic carbocycles. The summed E-state index contributed by atoms with van der Waals surface area (Å²) in [7, 11) is -2.21. The topological polar surface area (TPSA) is 102 Å². The number of aromatic nitrogens is 1. The molecular weight excluding hydrogens is 430 g/mol. The standard InChI is InChI=1S/C23H31N3O5S/c1-16-21(20(31-25-16)11-8-17-6-9-19(30-5)10-7-17)32(28,29)26-14-12-18(13-15-26)22(27)24-23(2,3)4/h6-11,18H,12-15H2,1-5H3,(H,24,27). The number of piperidine rings is 1. The average molecular weight is 462 g/mol. The summed E-state index contributed by atoms with van der Waals surface area (Å²) in [5.74, 6) is 0.698. The first-order chi connectivity index (χ1) is 15.0. The molecule has 2 heterocycles. The van der Waals surface area contributed by atoms with Crippen LogP contribution >= 0.6 is 0 Å². The summed E-state index contributed by atoms with van der Waals surface area (Å²) in [4.78, 5) is 12.5. The molecule has 32 heavy (non-hydrogen) atoms. The first kappa shape index (κ1) is 24.0. The molecule has 3 rings (SSSR count). The van der Waals surface area contributed by atoms with Crippen LogP contribution in [0.3, 0.4) is 0 Å². The van der Waals surface area contributed by atoms with Gasteiger partial charge in [-0.3, -0.25) is 4.79 Å². The minimum absolute atomic E-state index is 0.0289. The van der Waals surface area contributed by atoms with Gasteiger partial charge in [-0.2, -0.15) is 4.31 Å². The number of hydrogen-bond donors (Lipinski definition) is 1. The van der Waals surface area contributed by atoms with Gasteiger partial charge in [0, 0.05) is 24.5 Å². The zero-order chi connectivity index (χ0) is 23.5. The first-order valence-corrected chi connectivity index (χ1v) is 12.1. The lowest BCUT2D eigenvalue weighted by Gasteiger charge is -2.32. The molecule has 1 aliphatic heterocycles. The number of nitrogens with one attached hydrogen (secondary N) is 1. The summed E-state index contributed by atoms with van der Waals surface area (Å²) in [6.07, 6.45) is 4.32. The summed E-state index contributed by atoms with van der Waals surface area (Å²) >= 11 is 0. The Balaban J connectivity index is 1.74. The van der Waals surface area contributed by atoms with E-state index in [0.29, 0.717) is 18.5 Å². The summed E-state index contributed by atoms with van der Waals surface area (Å²) in [5.41, 5.74) is 0.867. The third-order valence-corrected chi connectivity index (χ3v) is 7.35. The Kier molecular flexibility index (Phi) is 7.09. The molecular formula is C23H31N3O5S. The van der Waals surface area contributed by atoms with Crippen LogP contribution in [0.15, 0.2) is 33.7 Å². The Morgan fingerprint density at radius 2 is 1.81 bits per heavy atom. The predicted octanol–water partition coefficient (Wildman–Crippen LogP) is 3.48. The lowest BCUT2D eigenvalue weighted by Crippen LogP contribution is -2.47. The van der Waals surface area contributed by atoms with E-state index >= 15 is 0 Å². The zero-order valence-corrected chi connectivity index (χ0v) is 20.0. The smallest absolute Gasteiger partial charge is 0.248 e. The van der Waals surface area contributed by atoms with Crippen molar-refractivity contribution in [3.8, 4) is 5.75 Å². The van der Waals surface area contributed by atoms with Gasteiger partial charge in [-0.1, -0.05) is 23.4 Å². The van der Waals surface area contributed by atoms with E-state index in [0.717, 1.165) is 11.3 Å². The number of carbonyl (C=O) groups excluding carboxylic acids is 1. The fraction of sp³-hybridized carbons (Fsp3) is 0.478. The summed E-state index contributed by atoms with van der Waals surface area (Å²) in [6, 6.07) is 7.37. The van der Waals surface area contributed by atoms with E-state index in [1.807, 2.05) is 45.0 Å². The lowest BCUT2D eigenvalue weighted by atomic mass is 9.96. The van der Waals surface area contributed by atoms with Gasteiger partial charge in [0.2, 0.25) is 15.9 Å². The van der Waals surface area contributed by atoms with Crippen LogP contribution in [0, 0.1) is 12.8 Å². The van der Waals surface area contributed by atoms with Gasteiger partial charge in [0.05, 0.1) is 7.11 Å². The molecule has 0 radical (unpaired) electrons. The molecule has 1 amide bonds. The summed E-state index contributed by atoms with van der Waals surface area (Å²) < 4.78 is 38.6. The number of carbonyl (C=O) groups is 1. The van der Waals surface area contributed by atoms with Gasteiger partial charge in [-0.15, -0.1) is 0 Å². The average Bonchev–Trinajstić information content (AvgIpc) is 3.12. The van der Waals surface area contributed by atoms with Gasteiger partial charge in [0.25, 0.3) is 0 Å². The van der Waals surface area contributed by atoms with Crippen LogP contribution in [0.25, 0.3) is 12.2 Å². The lowest BCUT2D eigenvalue weighted by molar-refractivity contribution is -0.127. The van der Waals surface area contributed by atoms with E-state index in [1.165, 1.54) is 4.31 Å². The molecule has 2 aromatic rings. The number of amides is 1. The Morgan fingerprint density at radius 1 is 1.19 bits per heavy atom. The van der Waals surface area contributed by atoms with E-state index in [-0.39, 0.29) is 41.1 Å². The maximum atomic E-state index is 13.4. The van der Waals surface area contributed by atoms with Gasteiger partial charge < -0.3 is 14.6 Å². The van der Waals surface area contributed by atoms with Gasteiger partial charge in [0.1, 0.15) is 11.4 Å². The van der Waals surface area contributed by atoms with Crippen LogP contribution in [-0.4, -0.2) is 49.5 Å². The molecule has 0 aliphatic carbocycles. The monoisotopic (exact) mass is 461 g/mol. The molecule has 8 nitrogen and oxygen atoms in total. The number of methoxy groups -OCH3 is 1. The Hall–Kier alpha value is -2.65. The van der Waals surface area contributed by atoms with Gasteiger partial charge in [0.15, 0.2) is 10.7 Å². The second-order valence-corrected chi connectivity index (χ2v) is 10.9. The molecule has 9 heteroatoms. The van der Waals surface area contributed by atoms with Crippen molar-refractivity contribution in [1.82, 2.24) is 14.8 Å². The fourth-order valence-electron chi connectivity index (χ4n) is 3.64.